The van der Waals surface area contributed by atoms with Crippen LogP contribution in [-0.2, 0) is 0 Å². The van der Waals surface area contributed by atoms with Crippen LogP contribution >= 0.6 is 24.4 Å². The van der Waals surface area contributed by atoms with Crippen molar-refractivity contribution in [2.75, 3.05) is 0 Å². The van der Waals surface area contributed by atoms with E-state index in [1.54, 1.807) is 0 Å². The average Bonchev–Trinajstić information content (AvgIpc) is 1.27. The molecule has 5 heteroatoms. The van der Waals surface area contributed by atoms with E-state index in [0.717, 1.165) is 0 Å². The number of hydrogen-bond acceptors (Lipinski definition) is 2. The van der Waals surface area contributed by atoms with E-state index in [1.165, 1.54) is 0 Å². The summed E-state index contributed by atoms with van der Waals surface area (Å²) in [5, 5.41) is 3.25. The molecule has 0 aliphatic carbocycles. The fraction of sp³-hybridized carbons (Fsp3) is 0. The van der Waals surface area contributed by atoms with Crippen LogP contribution in [0.1, 0.15) is 0 Å². The van der Waals surface area contributed by atoms with E-state index in [4.69, 9.17) is 11.5 Å². The first-order chi connectivity index (χ1) is 3.13. The van der Waals surface area contributed by atoms with Crippen LogP contribution in [0.4, 0.5) is 0 Å². The van der Waals surface area contributed by atoms with Crippen LogP contribution in [0.25, 0.3) is 0 Å². The zero-order chi connectivity index (χ0) is 5.86. The van der Waals surface area contributed by atoms with Crippen molar-refractivity contribution in [2.24, 2.45) is 11.5 Å². The number of nitrogens with two attached hydrogens (primary N) is 2. The van der Waals surface area contributed by atoms with Gasteiger partial charge in [0.15, 0.2) is 10.2 Å². The molecule has 0 amide bonds. The predicted molar refractivity (Wildman–Crippen MR) is 35.7 cm³/mol. The van der Waals surface area contributed by atoms with Gasteiger partial charge in [-0.2, -0.15) is 5.32 Å². The van der Waals surface area contributed by atoms with E-state index in [1.807, 2.05) is 0 Å². The first kappa shape index (κ1) is 6.58. The quantitative estimate of drug-likeness (QED) is 0.420. The van der Waals surface area contributed by atoms with Crippen LogP contribution in [0, 0.1) is 0 Å². The highest BCUT2D eigenvalue weighted by Crippen LogP contribution is 1.60. The average molecular weight is 134 g/mol. The van der Waals surface area contributed by atoms with Crippen LogP contribution in [0.2, 0.25) is 0 Å². The highest BCUT2D eigenvalue weighted by molar-refractivity contribution is 7.81. The summed E-state index contributed by atoms with van der Waals surface area (Å²) >= 11 is 8.63. The third kappa shape index (κ3) is 5.58. The third-order valence-electron chi connectivity index (χ3n) is 0.220. The summed E-state index contributed by atoms with van der Waals surface area (Å²) < 4.78 is 0. The zero-order valence-electron chi connectivity index (χ0n) is 3.42. The Labute approximate surface area is 52.1 Å². The van der Waals surface area contributed by atoms with E-state index in [2.05, 4.69) is 29.8 Å². The first-order valence-electron chi connectivity index (χ1n) is 1.43. The van der Waals surface area contributed by atoms with Crippen LogP contribution in [-0.4, -0.2) is 10.2 Å². The second-order valence-electron chi connectivity index (χ2n) is 0.788. The van der Waals surface area contributed by atoms with Gasteiger partial charge in [-0.1, -0.05) is 0 Å². The molecule has 0 spiro atoms. The normalized spacial score (nSPS) is 7.43. The van der Waals surface area contributed by atoms with E-state index in [-0.39, 0.29) is 10.2 Å². The van der Waals surface area contributed by atoms with Crippen molar-refractivity contribution in [1.82, 2.24) is 5.32 Å². The van der Waals surface area contributed by atoms with Crippen LogP contribution < -0.4 is 16.8 Å². The van der Waals surface area contributed by atoms with Gasteiger partial charge in [0.2, 0.25) is 0 Å². The Morgan fingerprint density at radius 1 is 1.14 bits per heavy atom. The minimum Gasteiger partial charge on any atom is -0.374 e. The lowest BCUT2D eigenvalue weighted by atomic mass is 11.0. The minimum atomic E-state index is -0.0208. The van der Waals surface area contributed by atoms with Gasteiger partial charge in [-0.3, -0.25) is 0 Å². The third-order valence-corrected chi connectivity index (χ3v) is 0.403. The Balaban J connectivity index is 3.32. The Hall–Kier alpha value is -0.420. The second kappa shape index (κ2) is 2.70. The van der Waals surface area contributed by atoms with Gasteiger partial charge in [-0.25, -0.2) is 0 Å². The van der Waals surface area contributed by atoms with Crippen LogP contribution in [0.15, 0.2) is 0 Å². The molecule has 1 radical (unpaired) electrons. The monoisotopic (exact) mass is 134 g/mol. The summed E-state index contributed by atoms with van der Waals surface area (Å²) in [5.74, 6) is 0. The second-order valence-corrected chi connectivity index (χ2v) is 1.62. The number of thiocarbonyl (C=S) groups is 2. The Morgan fingerprint density at radius 3 is 1.43 bits per heavy atom. The molecule has 0 aliphatic heterocycles. The fourth-order valence-electron chi connectivity index (χ4n) is 0.109. The molecule has 0 aromatic carbocycles. The summed E-state index contributed by atoms with van der Waals surface area (Å²) in [7, 11) is 0. The smallest absolute Gasteiger partial charge is 0.192 e. The van der Waals surface area contributed by atoms with Gasteiger partial charge < -0.3 is 11.5 Å². The molecular weight excluding hydrogens is 130 g/mol. The number of rotatable bonds is 0. The van der Waals surface area contributed by atoms with Crippen molar-refractivity contribution in [3.63, 3.8) is 0 Å². The number of nitrogens with zero attached hydrogens (tertiary/aromatic N) is 1. The molecule has 0 heterocycles. The van der Waals surface area contributed by atoms with Gasteiger partial charge in [-0.05, 0) is 24.4 Å². The fourth-order valence-corrected chi connectivity index (χ4v) is 0.363. The van der Waals surface area contributed by atoms with Crippen LogP contribution in [0.3, 0.4) is 0 Å². The molecule has 0 fully saturated rings. The molecule has 7 heavy (non-hydrogen) atoms. The Kier molecular flexibility index (Phi) is 2.54. The molecule has 0 aliphatic rings. The maximum atomic E-state index is 4.89. The van der Waals surface area contributed by atoms with Gasteiger partial charge in [-0.15, -0.1) is 0 Å². The topological polar surface area (TPSA) is 66.1 Å². The molecule has 4 N–H and O–H groups in total. The number of hydrogen-bond donors (Lipinski definition) is 2. The molecular formula is C2H4N3S2. The molecule has 0 aromatic rings. The summed E-state index contributed by atoms with van der Waals surface area (Å²) in [6, 6.07) is 0. The molecule has 0 bridgehead atoms. The van der Waals surface area contributed by atoms with Crippen molar-refractivity contribution in [3.05, 3.63) is 0 Å². The van der Waals surface area contributed by atoms with E-state index >= 15 is 0 Å². The summed E-state index contributed by atoms with van der Waals surface area (Å²) in [6.07, 6.45) is 0. The molecule has 0 atom stereocenters. The van der Waals surface area contributed by atoms with Crippen molar-refractivity contribution < 1.29 is 0 Å². The van der Waals surface area contributed by atoms with Crippen LogP contribution in [0.5, 0.6) is 0 Å². The van der Waals surface area contributed by atoms with Gasteiger partial charge in [0, 0.05) is 0 Å². The molecule has 0 saturated heterocycles. The molecule has 0 rings (SSSR count). The Bertz CT molecular complexity index is 87.1. The summed E-state index contributed by atoms with van der Waals surface area (Å²) in [6.45, 7) is 0. The van der Waals surface area contributed by atoms with Gasteiger partial charge >= 0.3 is 0 Å². The summed E-state index contributed by atoms with van der Waals surface area (Å²) in [5.41, 5.74) is 9.78. The molecule has 0 aromatic heterocycles. The van der Waals surface area contributed by atoms with E-state index in [0.29, 0.717) is 0 Å². The van der Waals surface area contributed by atoms with E-state index < -0.39 is 0 Å². The highest BCUT2D eigenvalue weighted by Gasteiger charge is 1.87. The van der Waals surface area contributed by atoms with Gasteiger partial charge in [0.05, 0.1) is 0 Å². The first-order valence-corrected chi connectivity index (χ1v) is 2.25. The minimum absolute atomic E-state index is 0.0208. The molecule has 0 saturated carbocycles. The molecule has 3 nitrogen and oxygen atoms in total. The lowest BCUT2D eigenvalue weighted by Crippen LogP contribution is -2.31. The van der Waals surface area contributed by atoms with Crippen molar-refractivity contribution in [2.45, 2.75) is 0 Å². The molecule has 0 unspecified atom stereocenters. The standard InChI is InChI=1S/C2H4N3S2/c3-1(6)5-2(4)7/h(H2,3,6)(H2,4,7). The van der Waals surface area contributed by atoms with Crippen molar-refractivity contribution in [3.8, 4) is 0 Å². The maximum absolute atomic E-state index is 4.89. The lowest BCUT2D eigenvalue weighted by Gasteiger charge is -1.90. The maximum Gasteiger partial charge on any atom is 0.192 e. The van der Waals surface area contributed by atoms with Crippen molar-refractivity contribution in [1.29, 1.82) is 0 Å². The lowest BCUT2D eigenvalue weighted by molar-refractivity contribution is 1.34. The van der Waals surface area contributed by atoms with Gasteiger partial charge in [0.25, 0.3) is 0 Å². The largest absolute Gasteiger partial charge is 0.374 e. The Morgan fingerprint density at radius 2 is 1.43 bits per heavy atom. The van der Waals surface area contributed by atoms with E-state index in [9.17, 15) is 0 Å². The van der Waals surface area contributed by atoms with Crippen molar-refractivity contribution >= 4 is 34.7 Å². The van der Waals surface area contributed by atoms with Gasteiger partial charge in [0.1, 0.15) is 0 Å². The summed E-state index contributed by atoms with van der Waals surface area (Å²) in [4.78, 5) is 0. The predicted octanol–water partition coefficient (Wildman–Crippen LogP) is -0.922. The molecule has 39 valence electrons. The highest BCUT2D eigenvalue weighted by atomic mass is 32.1. The SMILES string of the molecule is NC(=S)[N]C(N)=S. The zero-order valence-corrected chi connectivity index (χ0v) is 5.05.